The lowest BCUT2D eigenvalue weighted by molar-refractivity contribution is -0.0738. The summed E-state index contributed by atoms with van der Waals surface area (Å²) in [5, 5.41) is 10.0. The lowest BCUT2D eigenvalue weighted by Gasteiger charge is -2.12. The lowest BCUT2D eigenvalue weighted by atomic mass is 10.2. The number of halogens is 2. The fourth-order valence-corrected chi connectivity index (χ4v) is 1.40. The molecule has 0 unspecified atom stereocenters. The number of benzene rings is 1. The van der Waals surface area contributed by atoms with Crippen molar-refractivity contribution in [2.75, 3.05) is 14.2 Å². The molecule has 5 heteroatoms. The SMILES string of the molecule is COc1ccc(F)c(CN(C)O)c1Cl. The maximum Gasteiger partial charge on any atom is 0.137 e. The molecule has 0 bridgehead atoms. The van der Waals surface area contributed by atoms with E-state index in [-0.39, 0.29) is 17.1 Å². The van der Waals surface area contributed by atoms with Crippen molar-refractivity contribution in [3.63, 3.8) is 0 Å². The Labute approximate surface area is 86.6 Å². The molecular weight excluding hydrogens is 209 g/mol. The van der Waals surface area contributed by atoms with Gasteiger partial charge in [0.25, 0.3) is 0 Å². The first-order valence-corrected chi connectivity index (χ1v) is 4.35. The Bertz CT molecular complexity index is 331. The van der Waals surface area contributed by atoms with Crippen LogP contribution in [0.2, 0.25) is 5.02 Å². The molecule has 78 valence electrons. The van der Waals surface area contributed by atoms with Gasteiger partial charge in [-0.2, -0.15) is 5.06 Å². The first-order chi connectivity index (χ1) is 6.56. The molecule has 0 radical (unpaired) electrons. The van der Waals surface area contributed by atoms with Crippen LogP contribution in [0, 0.1) is 5.82 Å². The zero-order chi connectivity index (χ0) is 10.7. The van der Waals surface area contributed by atoms with Gasteiger partial charge in [0.1, 0.15) is 11.6 Å². The second kappa shape index (κ2) is 4.59. The minimum Gasteiger partial charge on any atom is -0.495 e. The van der Waals surface area contributed by atoms with E-state index in [1.165, 1.54) is 26.3 Å². The van der Waals surface area contributed by atoms with E-state index in [0.29, 0.717) is 5.75 Å². The maximum absolute atomic E-state index is 13.2. The fraction of sp³-hybridized carbons (Fsp3) is 0.333. The van der Waals surface area contributed by atoms with Crippen LogP contribution in [0.5, 0.6) is 5.75 Å². The molecule has 0 aliphatic rings. The number of methoxy groups -OCH3 is 1. The van der Waals surface area contributed by atoms with Crippen molar-refractivity contribution in [3.05, 3.63) is 28.5 Å². The van der Waals surface area contributed by atoms with E-state index in [9.17, 15) is 4.39 Å². The molecule has 0 aliphatic carbocycles. The van der Waals surface area contributed by atoms with E-state index in [2.05, 4.69) is 0 Å². The molecule has 0 heterocycles. The summed E-state index contributed by atoms with van der Waals surface area (Å²) in [4.78, 5) is 0. The van der Waals surface area contributed by atoms with Gasteiger partial charge in [-0.3, -0.25) is 0 Å². The average molecular weight is 220 g/mol. The number of nitrogens with zero attached hydrogens (tertiary/aromatic N) is 1. The third-order valence-corrected chi connectivity index (χ3v) is 2.17. The topological polar surface area (TPSA) is 32.7 Å². The molecule has 0 saturated heterocycles. The quantitative estimate of drug-likeness (QED) is 0.792. The second-order valence-electron chi connectivity index (χ2n) is 2.86. The molecular formula is C9H11ClFNO2. The number of hydroxylamine groups is 2. The zero-order valence-corrected chi connectivity index (χ0v) is 8.68. The Kier molecular flexibility index (Phi) is 3.69. The average Bonchev–Trinajstić information content (AvgIpc) is 2.12. The fourth-order valence-electron chi connectivity index (χ4n) is 1.11. The summed E-state index contributed by atoms with van der Waals surface area (Å²) in [6, 6.07) is 2.70. The number of ether oxygens (including phenoxy) is 1. The third-order valence-electron chi connectivity index (χ3n) is 1.76. The molecule has 0 saturated carbocycles. The first-order valence-electron chi connectivity index (χ1n) is 3.97. The van der Waals surface area contributed by atoms with Gasteiger partial charge in [0.2, 0.25) is 0 Å². The van der Waals surface area contributed by atoms with E-state index >= 15 is 0 Å². The van der Waals surface area contributed by atoms with Gasteiger partial charge in [-0.05, 0) is 12.1 Å². The van der Waals surface area contributed by atoms with Gasteiger partial charge >= 0.3 is 0 Å². The van der Waals surface area contributed by atoms with Crippen LogP contribution >= 0.6 is 11.6 Å². The number of rotatable bonds is 3. The third kappa shape index (κ3) is 2.35. The van der Waals surface area contributed by atoms with Crippen molar-refractivity contribution in [2.24, 2.45) is 0 Å². The predicted molar refractivity (Wildman–Crippen MR) is 51.2 cm³/mol. The van der Waals surface area contributed by atoms with Crippen molar-refractivity contribution in [2.45, 2.75) is 6.54 Å². The highest BCUT2D eigenvalue weighted by atomic mass is 35.5. The number of hydrogen-bond acceptors (Lipinski definition) is 3. The van der Waals surface area contributed by atoms with Crippen molar-refractivity contribution < 1.29 is 14.3 Å². The summed E-state index contributed by atoms with van der Waals surface area (Å²) in [5.41, 5.74) is 0.219. The van der Waals surface area contributed by atoms with Gasteiger partial charge in [-0.15, -0.1) is 0 Å². The van der Waals surface area contributed by atoms with Crippen molar-refractivity contribution in [3.8, 4) is 5.75 Å². The van der Waals surface area contributed by atoms with Crippen molar-refractivity contribution in [1.29, 1.82) is 0 Å². The Morgan fingerprint density at radius 1 is 1.57 bits per heavy atom. The predicted octanol–water partition coefficient (Wildman–Crippen LogP) is 2.31. The van der Waals surface area contributed by atoms with Gasteiger partial charge in [0.05, 0.1) is 18.7 Å². The van der Waals surface area contributed by atoms with Crippen LogP contribution in [0.1, 0.15) is 5.56 Å². The molecule has 1 rings (SSSR count). The van der Waals surface area contributed by atoms with Gasteiger partial charge in [-0.1, -0.05) is 11.6 Å². The highest BCUT2D eigenvalue weighted by Crippen LogP contribution is 2.30. The van der Waals surface area contributed by atoms with Crippen LogP contribution in [-0.2, 0) is 6.54 Å². The second-order valence-corrected chi connectivity index (χ2v) is 3.24. The van der Waals surface area contributed by atoms with E-state index in [0.717, 1.165) is 5.06 Å². The lowest BCUT2D eigenvalue weighted by Crippen LogP contribution is -2.13. The molecule has 3 nitrogen and oxygen atoms in total. The summed E-state index contributed by atoms with van der Waals surface area (Å²) in [5.74, 6) is -0.0679. The van der Waals surface area contributed by atoms with E-state index in [4.69, 9.17) is 21.5 Å². The van der Waals surface area contributed by atoms with E-state index < -0.39 is 5.82 Å². The highest BCUT2D eigenvalue weighted by Gasteiger charge is 2.13. The summed E-state index contributed by atoms with van der Waals surface area (Å²) >= 11 is 5.86. The molecule has 0 atom stereocenters. The standard InChI is InChI=1S/C9H11ClFNO2/c1-12(13)5-6-7(11)3-4-8(14-2)9(6)10/h3-4,13H,5H2,1-2H3. The summed E-state index contributed by atoms with van der Waals surface area (Å²) in [6.07, 6.45) is 0. The molecule has 0 aliphatic heterocycles. The van der Waals surface area contributed by atoms with Gasteiger partial charge < -0.3 is 9.94 Å². The molecule has 0 fully saturated rings. The van der Waals surface area contributed by atoms with Crippen LogP contribution in [-0.4, -0.2) is 24.4 Å². The normalized spacial score (nSPS) is 10.7. The Morgan fingerprint density at radius 3 is 2.71 bits per heavy atom. The summed E-state index contributed by atoms with van der Waals surface area (Å²) in [7, 11) is 2.86. The molecule has 1 N–H and O–H groups in total. The van der Waals surface area contributed by atoms with E-state index in [1.807, 2.05) is 0 Å². The van der Waals surface area contributed by atoms with Gasteiger partial charge in [0, 0.05) is 12.6 Å². The summed E-state index contributed by atoms with van der Waals surface area (Å²) < 4.78 is 18.2. The molecule has 0 amide bonds. The minimum absolute atomic E-state index is 0.0157. The zero-order valence-electron chi connectivity index (χ0n) is 7.92. The van der Waals surface area contributed by atoms with E-state index in [1.54, 1.807) is 0 Å². The smallest absolute Gasteiger partial charge is 0.137 e. The van der Waals surface area contributed by atoms with Crippen LogP contribution in [0.4, 0.5) is 4.39 Å². The molecule has 0 spiro atoms. The minimum atomic E-state index is -0.461. The monoisotopic (exact) mass is 219 g/mol. The Morgan fingerprint density at radius 2 is 2.21 bits per heavy atom. The van der Waals surface area contributed by atoms with Crippen LogP contribution in [0.25, 0.3) is 0 Å². The van der Waals surface area contributed by atoms with Crippen molar-refractivity contribution in [1.82, 2.24) is 5.06 Å². The van der Waals surface area contributed by atoms with Crippen LogP contribution in [0.3, 0.4) is 0 Å². The van der Waals surface area contributed by atoms with Crippen LogP contribution < -0.4 is 4.74 Å². The largest absolute Gasteiger partial charge is 0.495 e. The van der Waals surface area contributed by atoms with Crippen LogP contribution in [0.15, 0.2) is 12.1 Å². The van der Waals surface area contributed by atoms with Gasteiger partial charge in [0.15, 0.2) is 0 Å². The highest BCUT2D eigenvalue weighted by molar-refractivity contribution is 6.32. The van der Waals surface area contributed by atoms with Gasteiger partial charge in [-0.25, -0.2) is 4.39 Å². The molecule has 0 aromatic heterocycles. The summed E-state index contributed by atoms with van der Waals surface area (Å²) in [6.45, 7) is 0.0157. The Hall–Kier alpha value is -0.840. The number of hydrogen-bond donors (Lipinski definition) is 1. The molecule has 14 heavy (non-hydrogen) atoms. The molecule has 1 aromatic carbocycles. The molecule has 1 aromatic rings. The maximum atomic E-state index is 13.2. The van der Waals surface area contributed by atoms with Crippen molar-refractivity contribution >= 4 is 11.6 Å². The first kappa shape index (κ1) is 11.2. The Balaban J connectivity index is 3.11.